The van der Waals surface area contributed by atoms with Gasteiger partial charge in [-0.05, 0) is 27.1 Å². The van der Waals surface area contributed by atoms with Gasteiger partial charge in [0.15, 0.2) is 6.29 Å². The molecule has 0 saturated carbocycles. The van der Waals surface area contributed by atoms with Crippen LogP contribution >= 0.6 is 0 Å². The van der Waals surface area contributed by atoms with Crippen molar-refractivity contribution >= 4 is 11.6 Å². The summed E-state index contributed by atoms with van der Waals surface area (Å²) in [4.78, 5) is 18.8. The average molecular weight is 351 g/mol. The van der Waals surface area contributed by atoms with Crippen molar-refractivity contribution in [3.8, 4) is 5.88 Å². The highest BCUT2D eigenvalue weighted by Gasteiger charge is 2.40. The summed E-state index contributed by atoms with van der Waals surface area (Å²) in [5.41, 5.74) is -0.0936. The third-order valence-electron chi connectivity index (χ3n) is 4.01. The van der Waals surface area contributed by atoms with Crippen molar-refractivity contribution in [2.45, 2.75) is 27.1 Å². The first kappa shape index (κ1) is 19.6. The molecule has 0 bridgehead atoms. The zero-order valence-electron chi connectivity index (χ0n) is 15.7. The van der Waals surface area contributed by atoms with Crippen LogP contribution in [0.15, 0.2) is 18.3 Å². The number of nitrogens with one attached hydrogen (secondary N) is 1. The molecule has 140 valence electrons. The Balaban J connectivity index is 1.86. The third-order valence-corrected chi connectivity index (χ3v) is 4.01. The molecule has 0 aromatic carbocycles. The number of pyridine rings is 1. The van der Waals surface area contributed by atoms with E-state index in [1.165, 1.54) is 0 Å². The number of hydrogen-bond donors (Lipinski definition) is 1. The molecule has 1 amide bonds. The van der Waals surface area contributed by atoms with E-state index >= 15 is 0 Å². The van der Waals surface area contributed by atoms with Crippen molar-refractivity contribution in [1.29, 1.82) is 0 Å². The summed E-state index contributed by atoms with van der Waals surface area (Å²) in [5.74, 6) is 0.657. The highest BCUT2D eigenvalue weighted by Crippen LogP contribution is 2.28. The lowest BCUT2D eigenvalue weighted by atomic mass is 9.90. The minimum Gasteiger partial charge on any atom is -0.476 e. The van der Waals surface area contributed by atoms with Gasteiger partial charge >= 0.3 is 0 Å². The minimum atomic E-state index is -0.716. The standard InChI is InChI=1S/C18H29N3O4/c1-13(2)16-24-11-18(3,12-25-16)17(22)20-14-6-7-15(19-10-14)23-9-8-21(4)5/h6-7,10,13,16H,8-9,11-12H2,1-5H3,(H,20,22). The van der Waals surface area contributed by atoms with E-state index in [0.29, 0.717) is 31.4 Å². The second-order valence-electron chi connectivity index (χ2n) is 7.29. The van der Waals surface area contributed by atoms with Crippen LogP contribution in [0.4, 0.5) is 5.69 Å². The number of likely N-dealkylation sites (N-methyl/N-ethyl adjacent to an activating group) is 1. The molecule has 2 heterocycles. The first-order valence-electron chi connectivity index (χ1n) is 8.58. The molecule has 2 rings (SSSR count). The molecule has 1 aromatic heterocycles. The maximum Gasteiger partial charge on any atom is 0.235 e. The van der Waals surface area contributed by atoms with Crippen LogP contribution < -0.4 is 10.1 Å². The Labute approximate surface area is 149 Å². The first-order valence-corrected chi connectivity index (χ1v) is 8.58. The van der Waals surface area contributed by atoms with E-state index in [-0.39, 0.29) is 18.1 Å². The van der Waals surface area contributed by atoms with Gasteiger partial charge in [0.1, 0.15) is 6.61 Å². The molecule has 0 unspecified atom stereocenters. The number of carbonyl (C=O) groups is 1. The van der Waals surface area contributed by atoms with Gasteiger partial charge in [-0.25, -0.2) is 4.98 Å². The van der Waals surface area contributed by atoms with Crippen LogP contribution in [0.25, 0.3) is 0 Å². The highest BCUT2D eigenvalue weighted by atomic mass is 16.7. The van der Waals surface area contributed by atoms with Crippen LogP contribution in [0.5, 0.6) is 5.88 Å². The van der Waals surface area contributed by atoms with Crippen LogP contribution in [0.3, 0.4) is 0 Å². The van der Waals surface area contributed by atoms with Crippen LogP contribution in [0.2, 0.25) is 0 Å². The van der Waals surface area contributed by atoms with Crippen molar-refractivity contribution in [1.82, 2.24) is 9.88 Å². The molecule has 1 aromatic rings. The Morgan fingerprint density at radius 3 is 2.60 bits per heavy atom. The van der Waals surface area contributed by atoms with Gasteiger partial charge in [-0.1, -0.05) is 13.8 Å². The third kappa shape index (κ3) is 5.66. The molecule has 1 fully saturated rings. The number of carbonyl (C=O) groups excluding carboxylic acids is 1. The molecular weight excluding hydrogens is 322 g/mol. The zero-order valence-corrected chi connectivity index (χ0v) is 15.7. The maximum atomic E-state index is 12.6. The van der Waals surface area contributed by atoms with E-state index in [2.05, 4.69) is 10.3 Å². The number of hydrogen-bond acceptors (Lipinski definition) is 6. The number of nitrogens with zero attached hydrogens (tertiary/aromatic N) is 2. The van der Waals surface area contributed by atoms with Crippen molar-refractivity contribution < 1.29 is 19.0 Å². The molecule has 25 heavy (non-hydrogen) atoms. The molecule has 1 aliphatic rings. The van der Waals surface area contributed by atoms with Gasteiger partial charge in [-0.3, -0.25) is 4.79 Å². The predicted molar refractivity (Wildman–Crippen MR) is 95.6 cm³/mol. The second kappa shape index (κ2) is 8.60. The maximum absolute atomic E-state index is 12.6. The van der Waals surface area contributed by atoms with Crippen LogP contribution in [-0.2, 0) is 14.3 Å². The largest absolute Gasteiger partial charge is 0.476 e. The molecule has 1 saturated heterocycles. The molecule has 0 atom stereocenters. The highest BCUT2D eigenvalue weighted by molar-refractivity contribution is 5.95. The van der Waals surface area contributed by atoms with Crippen molar-refractivity contribution in [3.63, 3.8) is 0 Å². The number of anilines is 1. The molecule has 1 aliphatic heterocycles. The van der Waals surface area contributed by atoms with E-state index in [1.807, 2.05) is 39.8 Å². The number of aromatic nitrogens is 1. The normalized spacial score (nSPS) is 23.7. The Morgan fingerprint density at radius 2 is 2.08 bits per heavy atom. The molecular formula is C18H29N3O4. The molecule has 7 nitrogen and oxygen atoms in total. The fourth-order valence-electron chi connectivity index (χ4n) is 2.29. The van der Waals surface area contributed by atoms with Gasteiger partial charge in [-0.15, -0.1) is 0 Å². The molecule has 0 spiro atoms. The van der Waals surface area contributed by atoms with Crippen molar-refractivity contribution in [2.24, 2.45) is 11.3 Å². The van der Waals surface area contributed by atoms with E-state index < -0.39 is 5.41 Å². The quantitative estimate of drug-likeness (QED) is 0.810. The van der Waals surface area contributed by atoms with E-state index in [4.69, 9.17) is 14.2 Å². The number of rotatable bonds is 7. The first-order chi connectivity index (χ1) is 11.8. The minimum absolute atomic E-state index is 0.141. The Morgan fingerprint density at radius 1 is 1.40 bits per heavy atom. The molecule has 0 aliphatic carbocycles. The van der Waals surface area contributed by atoms with Crippen molar-refractivity contribution in [3.05, 3.63) is 18.3 Å². The second-order valence-corrected chi connectivity index (χ2v) is 7.29. The monoisotopic (exact) mass is 351 g/mol. The van der Waals surface area contributed by atoms with E-state index in [0.717, 1.165) is 6.54 Å². The van der Waals surface area contributed by atoms with Crippen LogP contribution in [0.1, 0.15) is 20.8 Å². The van der Waals surface area contributed by atoms with Gasteiger partial charge in [0, 0.05) is 18.5 Å². The van der Waals surface area contributed by atoms with Crippen molar-refractivity contribution in [2.75, 3.05) is 45.8 Å². The zero-order chi connectivity index (χ0) is 18.4. The predicted octanol–water partition coefficient (Wildman–Crippen LogP) is 2.00. The van der Waals surface area contributed by atoms with Crippen LogP contribution in [-0.4, -0.2) is 62.5 Å². The van der Waals surface area contributed by atoms with Gasteiger partial charge in [0.25, 0.3) is 0 Å². The molecule has 1 N–H and O–H groups in total. The smallest absolute Gasteiger partial charge is 0.235 e. The summed E-state index contributed by atoms with van der Waals surface area (Å²) in [6.07, 6.45) is 1.34. The summed E-state index contributed by atoms with van der Waals surface area (Å²) in [6, 6.07) is 3.52. The lowest BCUT2D eigenvalue weighted by Gasteiger charge is -2.37. The number of ether oxygens (including phenoxy) is 3. The average Bonchev–Trinajstić information content (AvgIpc) is 2.56. The Hall–Kier alpha value is -1.70. The summed E-state index contributed by atoms with van der Waals surface area (Å²) < 4.78 is 16.9. The van der Waals surface area contributed by atoms with E-state index in [9.17, 15) is 4.79 Å². The summed E-state index contributed by atoms with van der Waals surface area (Å²) in [5, 5.41) is 2.87. The van der Waals surface area contributed by atoms with Gasteiger partial charge in [0.05, 0.1) is 30.5 Å². The van der Waals surface area contributed by atoms with Crippen LogP contribution in [0, 0.1) is 11.3 Å². The Kier molecular flexibility index (Phi) is 6.75. The Bertz CT molecular complexity index is 552. The summed E-state index contributed by atoms with van der Waals surface area (Å²) in [6.45, 7) is 7.94. The SMILES string of the molecule is CC(C)C1OCC(C)(C(=O)Nc2ccc(OCCN(C)C)nc2)CO1. The fourth-order valence-corrected chi connectivity index (χ4v) is 2.29. The molecule has 7 heteroatoms. The lowest BCUT2D eigenvalue weighted by molar-refractivity contribution is -0.237. The molecule has 0 radical (unpaired) electrons. The summed E-state index contributed by atoms with van der Waals surface area (Å²) in [7, 11) is 3.97. The topological polar surface area (TPSA) is 72.9 Å². The number of amides is 1. The lowest BCUT2D eigenvalue weighted by Crippen LogP contribution is -2.48. The fraction of sp³-hybridized carbons (Fsp3) is 0.667. The van der Waals surface area contributed by atoms with Gasteiger partial charge in [-0.2, -0.15) is 0 Å². The van der Waals surface area contributed by atoms with E-state index in [1.54, 1.807) is 18.3 Å². The van der Waals surface area contributed by atoms with Gasteiger partial charge in [0.2, 0.25) is 11.8 Å². The van der Waals surface area contributed by atoms with Gasteiger partial charge < -0.3 is 24.4 Å². The summed E-state index contributed by atoms with van der Waals surface area (Å²) >= 11 is 0.